The molecule has 0 spiro atoms. The van der Waals surface area contributed by atoms with Crippen molar-refractivity contribution in [1.82, 2.24) is 10.5 Å². The first-order valence-electron chi connectivity index (χ1n) is 6.09. The number of nitrogens with one attached hydrogen (secondary N) is 1. The Labute approximate surface area is 102 Å². The fourth-order valence-electron chi connectivity index (χ4n) is 1.77. The van der Waals surface area contributed by atoms with Gasteiger partial charge in [0.25, 0.3) is 0 Å². The highest BCUT2D eigenvalue weighted by molar-refractivity contribution is 5.14. The van der Waals surface area contributed by atoms with Crippen molar-refractivity contribution in [3.63, 3.8) is 0 Å². The molecule has 1 aromatic carbocycles. The Bertz CT molecular complexity index is 397. The van der Waals surface area contributed by atoms with Gasteiger partial charge in [0.05, 0.1) is 12.7 Å². The predicted molar refractivity (Wildman–Crippen MR) is 67.6 cm³/mol. The van der Waals surface area contributed by atoms with Crippen LogP contribution < -0.4 is 5.32 Å². The first kappa shape index (κ1) is 11.9. The Morgan fingerprint density at radius 3 is 2.71 bits per heavy atom. The summed E-state index contributed by atoms with van der Waals surface area (Å²) in [7, 11) is 0. The maximum absolute atomic E-state index is 5.00. The zero-order valence-corrected chi connectivity index (χ0v) is 9.93. The van der Waals surface area contributed by atoms with Gasteiger partial charge in [-0.2, -0.15) is 0 Å². The Hall–Kier alpha value is -1.61. The molecule has 0 saturated heterocycles. The predicted octanol–water partition coefficient (Wildman–Crippen LogP) is 2.79. The van der Waals surface area contributed by atoms with Crippen molar-refractivity contribution in [2.45, 2.75) is 25.8 Å². The van der Waals surface area contributed by atoms with Crippen molar-refractivity contribution in [2.75, 3.05) is 6.54 Å². The molecule has 0 aliphatic rings. The summed E-state index contributed by atoms with van der Waals surface area (Å²) in [5.41, 5.74) is 1.42. The zero-order chi connectivity index (χ0) is 11.8. The Morgan fingerprint density at radius 1 is 1.06 bits per heavy atom. The van der Waals surface area contributed by atoms with E-state index in [2.05, 4.69) is 40.8 Å². The van der Waals surface area contributed by atoms with Gasteiger partial charge in [-0.05, 0) is 31.4 Å². The van der Waals surface area contributed by atoms with Crippen molar-refractivity contribution in [3.05, 3.63) is 53.9 Å². The molecule has 0 unspecified atom stereocenters. The minimum absolute atomic E-state index is 0.769. The van der Waals surface area contributed by atoms with E-state index in [1.165, 1.54) is 18.4 Å². The monoisotopic (exact) mass is 230 g/mol. The van der Waals surface area contributed by atoms with Gasteiger partial charge >= 0.3 is 0 Å². The molecule has 0 atom stereocenters. The third kappa shape index (κ3) is 4.41. The molecular weight excluding hydrogens is 212 g/mol. The average molecular weight is 230 g/mol. The van der Waals surface area contributed by atoms with E-state index in [1.807, 2.05) is 6.07 Å². The molecule has 17 heavy (non-hydrogen) atoms. The quantitative estimate of drug-likeness (QED) is 0.743. The van der Waals surface area contributed by atoms with E-state index in [0.717, 1.165) is 25.3 Å². The molecule has 2 aromatic rings. The van der Waals surface area contributed by atoms with Gasteiger partial charge in [-0.25, -0.2) is 0 Å². The molecule has 3 heteroatoms. The molecule has 90 valence electrons. The zero-order valence-electron chi connectivity index (χ0n) is 9.93. The second-order valence-electron chi connectivity index (χ2n) is 4.10. The molecular formula is C14H18N2O. The normalized spacial score (nSPS) is 10.6. The Kier molecular flexibility index (Phi) is 4.79. The molecule has 1 heterocycles. The van der Waals surface area contributed by atoms with Crippen molar-refractivity contribution in [2.24, 2.45) is 0 Å². The Morgan fingerprint density at radius 2 is 1.94 bits per heavy atom. The highest BCUT2D eigenvalue weighted by Crippen LogP contribution is 2.04. The van der Waals surface area contributed by atoms with Gasteiger partial charge in [0.1, 0.15) is 5.76 Å². The molecule has 2 rings (SSSR count). The lowest BCUT2D eigenvalue weighted by Crippen LogP contribution is -2.14. The van der Waals surface area contributed by atoms with Crippen LogP contribution >= 0.6 is 0 Å². The van der Waals surface area contributed by atoms with Crippen LogP contribution in [0.4, 0.5) is 0 Å². The molecule has 0 fully saturated rings. The molecule has 0 saturated carbocycles. The van der Waals surface area contributed by atoms with E-state index in [0.29, 0.717) is 0 Å². The number of nitrogens with zero attached hydrogens (tertiary/aromatic N) is 1. The van der Waals surface area contributed by atoms with E-state index in [1.54, 1.807) is 6.20 Å². The summed E-state index contributed by atoms with van der Waals surface area (Å²) in [6.45, 7) is 1.79. The lowest BCUT2D eigenvalue weighted by molar-refractivity contribution is 0.372. The largest absolute Gasteiger partial charge is 0.360 e. The maximum atomic E-state index is 5.00. The van der Waals surface area contributed by atoms with Gasteiger partial charge in [-0.3, -0.25) is 0 Å². The maximum Gasteiger partial charge on any atom is 0.150 e. The van der Waals surface area contributed by atoms with Crippen LogP contribution in [-0.2, 0) is 13.0 Å². The highest BCUT2D eigenvalue weighted by Gasteiger charge is 1.96. The number of hydrogen-bond donors (Lipinski definition) is 1. The topological polar surface area (TPSA) is 38.1 Å². The van der Waals surface area contributed by atoms with Gasteiger partial charge in [-0.1, -0.05) is 35.5 Å². The van der Waals surface area contributed by atoms with Crippen LogP contribution in [0.25, 0.3) is 0 Å². The Balaban J connectivity index is 1.52. The lowest BCUT2D eigenvalue weighted by atomic mass is 10.1. The summed E-state index contributed by atoms with van der Waals surface area (Å²) in [6, 6.07) is 12.5. The van der Waals surface area contributed by atoms with E-state index in [4.69, 9.17) is 4.52 Å². The minimum atomic E-state index is 0.769. The van der Waals surface area contributed by atoms with E-state index in [-0.39, 0.29) is 0 Å². The summed E-state index contributed by atoms with van der Waals surface area (Å²) in [4.78, 5) is 0. The summed E-state index contributed by atoms with van der Waals surface area (Å²) < 4.78 is 5.00. The van der Waals surface area contributed by atoms with Gasteiger partial charge in [0, 0.05) is 6.07 Å². The number of rotatable bonds is 7. The summed E-state index contributed by atoms with van der Waals surface area (Å²) in [6.07, 6.45) is 5.23. The first-order valence-corrected chi connectivity index (χ1v) is 6.09. The average Bonchev–Trinajstić information content (AvgIpc) is 2.88. The van der Waals surface area contributed by atoms with Crippen LogP contribution in [0, 0.1) is 0 Å². The van der Waals surface area contributed by atoms with Crippen LogP contribution in [0.2, 0.25) is 0 Å². The van der Waals surface area contributed by atoms with Crippen LogP contribution in [0.5, 0.6) is 0 Å². The van der Waals surface area contributed by atoms with Crippen molar-refractivity contribution < 1.29 is 4.52 Å². The lowest BCUT2D eigenvalue weighted by Gasteiger charge is -2.03. The standard InChI is InChI=1S/C14H18N2O/c1-2-6-13(7-3-1)8-4-5-10-15-12-14-9-11-16-17-14/h1-3,6-7,9,11,15H,4-5,8,10,12H2. The van der Waals surface area contributed by atoms with E-state index < -0.39 is 0 Å². The molecule has 0 aliphatic heterocycles. The fraction of sp³-hybridized carbons (Fsp3) is 0.357. The van der Waals surface area contributed by atoms with Gasteiger partial charge in [0.15, 0.2) is 0 Å². The first-order chi connectivity index (χ1) is 8.45. The van der Waals surface area contributed by atoms with Crippen LogP contribution in [0.15, 0.2) is 47.1 Å². The second kappa shape index (κ2) is 6.86. The summed E-state index contributed by atoms with van der Waals surface area (Å²) >= 11 is 0. The molecule has 1 N–H and O–H groups in total. The fourth-order valence-corrected chi connectivity index (χ4v) is 1.77. The number of unbranched alkanes of at least 4 members (excludes halogenated alkanes) is 1. The number of aromatic nitrogens is 1. The van der Waals surface area contributed by atoms with Gasteiger partial charge < -0.3 is 9.84 Å². The van der Waals surface area contributed by atoms with Crippen molar-refractivity contribution in [3.8, 4) is 0 Å². The number of aryl methyl sites for hydroxylation is 1. The van der Waals surface area contributed by atoms with Gasteiger partial charge in [-0.15, -0.1) is 0 Å². The summed E-state index contributed by atoms with van der Waals surface area (Å²) in [5, 5.41) is 7.00. The third-order valence-corrected chi connectivity index (χ3v) is 2.70. The highest BCUT2D eigenvalue weighted by atomic mass is 16.5. The second-order valence-corrected chi connectivity index (χ2v) is 4.10. The van der Waals surface area contributed by atoms with Gasteiger partial charge in [0.2, 0.25) is 0 Å². The summed E-state index contributed by atoms with van der Waals surface area (Å²) in [5.74, 6) is 0.896. The van der Waals surface area contributed by atoms with Crippen molar-refractivity contribution >= 4 is 0 Å². The molecule has 0 bridgehead atoms. The van der Waals surface area contributed by atoms with Crippen LogP contribution in [-0.4, -0.2) is 11.7 Å². The SMILES string of the molecule is c1ccc(CCCCNCc2ccno2)cc1. The number of hydrogen-bond acceptors (Lipinski definition) is 3. The molecule has 0 aliphatic carbocycles. The minimum Gasteiger partial charge on any atom is -0.360 e. The van der Waals surface area contributed by atoms with Crippen LogP contribution in [0.1, 0.15) is 24.2 Å². The number of benzene rings is 1. The van der Waals surface area contributed by atoms with E-state index >= 15 is 0 Å². The molecule has 1 aromatic heterocycles. The molecule has 0 radical (unpaired) electrons. The smallest absolute Gasteiger partial charge is 0.150 e. The van der Waals surface area contributed by atoms with Crippen LogP contribution in [0.3, 0.4) is 0 Å². The molecule has 0 amide bonds. The van der Waals surface area contributed by atoms with E-state index in [9.17, 15) is 0 Å². The molecule has 3 nitrogen and oxygen atoms in total. The van der Waals surface area contributed by atoms with Crippen molar-refractivity contribution in [1.29, 1.82) is 0 Å². The third-order valence-electron chi connectivity index (χ3n) is 2.70.